The summed E-state index contributed by atoms with van der Waals surface area (Å²) in [5.74, 6) is 0.256. The fourth-order valence-corrected chi connectivity index (χ4v) is 3.21. The van der Waals surface area contributed by atoms with E-state index in [1.165, 1.54) is 13.2 Å². The number of carboxylic acid groups (broad SMARTS) is 1. The van der Waals surface area contributed by atoms with E-state index in [-0.39, 0.29) is 42.2 Å². The van der Waals surface area contributed by atoms with Gasteiger partial charge in [0.15, 0.2) is 0 Å². The Balaban J connectivity index is 2.82. The first-order chi connectivity index (χ1) is 10.8. The van der Waals surface area contributed by atoms with Crippen molar-refractivity contribution in [3.63, 3.8) is 0 Å². The largest absolute Gasteiger partial charge is 0.529 e. The van der Waals surface area contributed by atoms with Crippen molar-refractivity contribution in [2.45, 2.75) is 0 Å². The highest BCUT2D eigenvalue weighted by molar-refractivity contribution is 6.56. The van der Waals surface area contributed by atoms with Gasteiger partial charge in [-0.2, -0.15) is 0 Å². The zero-order valence-electron chi connectivity index (χ0n) is 11.4. The average Bonchev–Trinajstić information content (AvgIpc) is 2.54. The van der Waals surface area contributed by atoms with Gasteiger partial charge in [-0.3, -0.25) is 4.90 Å². The smallest absolute Gasteiger partial charge is 0.146 e. The fraction of sp³-hybridized carbons (Fsp3) is 0.0714. The number of amides is 1. The molecular formula is C14H7Cl5NO3-. The molecule has 0 atom stereocenters. The summed E-state index contributed by atoms with van der Waals surface area (Å²) in [5, 5.41) is 11.0. The minimum atomic E-state index is -1.60. The van der Waals surface area contributed by atoms with Gasteiger partial charge >= 0.3 is 0 Å². The number of hydrogen-bond acceptors (Lipinski definition) is 3. The molecule has 0 radical (unpaired) electrons. The second-order valence-corrected chi connectivity index (χ2v) is 6.08. The van der Waals surface area contributed by atoms with Gasteiger partial charge in [0, 0.05) is 0 Å². The Morgan fingerprint density at radius 3 is 1.91 bits per heavy atom. The van der Waals surface area contributed by atoms with Gasteiger partial charge in [0.25, 0.3) is 0 Å². The van der Waals surface area contributed by atoms with E-state index in [0.717, 1.165) is 4.90 Å². The Labute approximate surface area is 157 Å². The molecule has 0 bridgehead atoms. The second-order valence-electron chi connectivity index (χ2n) is 4.19. The molecule has 9 heteroatoms. The summed E-state index contributed by atoms with van der Waals surface area (Å²) in [6, 6.07) is 6.32. The zero-order chi connectivity index (χ0) is 17.3. The van der Waals surface area contributed by atoms with Gasteiger partial charge in [-0.1, -0.05) is 70.1 Å². The Bertz CT molecular complexity index is 752. The molecule has 0 saturated carbocycles. The van der Waals surface area contributed by atoms with Crippen molar-refractivity contribution in [2.24, 2.45) is 0 Å². The van der Waals surface area contributed by atoms with Crippen molar-refractivity contribution in [2.75, 3.05) is 12.0 Å². The van der Waals surface area contributed by atoms with Crippen molar-refractivity contribution in [1.82, 2.24) is 0 Å². The summed E-state index contributed by atoms with van der Waals surface area (Å²) < 4.78 is 5.15. The van der Waals surface area contributed by atoms with Gasteiger partial charge in [0.2, 0.25) is 0 Å². The molecule has 23 heavy (non-hydrogen) atoms. The maximum absolute atomic E-state index is 11.7. The maximum Gasteiger partial charge on any atom is 0.146 e. The van der Waals surface area contributed by atoms with E-state index in [4.69, 9.17) is 62.7 Å². The van der Waals surface area contributed by atoms with Crippen LogP contribution >= 0.6 is 58.0 Å². The lowest BCUT2D eigenvalue weighted by molar-refractivity contribution is -0.245. The predicted octanol–water partition coefficient (Wildman–Crippen LogP) is 5.44. The summed E-state index contributed by atoms with van der Waals surface area (Å²) in [4.78, 5) is 12.4. The third-order valence-corrected chi connectivity index (χ3v) is 5.18. The van der Waals surface area contributed by atoms with Crippen LogP contribution in [0, 0.1) is 0 Å². The van der Waals surface area contributed by atoms with Gasteiger partial charge in [-0.15, -0.1) is 0 Å². The number of halogens is 5. The Kier molecular flexibility index (Phi) is 5.76. The topological polar surface area (TPSA) is 52.6 Å². The van der Waals surface area contributed by atoms with Gasteiger partial charge in [-0.05, 0) is 12.1 Å². The molecule has 0 aliphatic carbocycles. The van der Waals surface area contributed by atoms with Crippen molar-refractivity contribution < 1.29 is 14.6 Å². The maximum atomic E-state index is 11.7. The van der Waals surface area contributed by atoms with Crippen LogP contribution in [-0.4, -0.2) is 13.2 Å². The molecule has 0 fully saturated rings. The molecule has 0 unspecified atom stereocenters. The number of rotatable bonds is 3. The van der Waals surface area contributed by atoms with Gasteiger partial charge in [0.1, 0.15) is 11.8 Å². The number of nitrogens with zero attached hydrogens (tertiary/aromatic N) is 1. The lowest BCUT2D eigenvalue weighted by Gasteiger charge is -2.29. The number of hydrogen-bond donors (Lipinski definition) is 0. The summed E-state index contributed by atoms with van der Waals surface area (Å²) in [6.45, 7) is 0. The standard InChI is InChI=1S/C14H8Cl5NO3/c1-23-7-5-3-2-4-6(7)20(14(21)22)13-11(18)9(16)8(15)10(17)12(13)19/h2-5H,1H3,(H,21,22)/p-1. The van der Waals surface area contributed by atoms with Crippen LogP contribution < -0.4 is 14.7 Å². The molecule has 122 valence electrons. The third-order valence-electron chi connectivity index (χ3n) is 2.92. The van der Waals surface area contributed by atoms with Crippen LogP contribution in [0.15, 0.2) is 24.3 Å². The zero-order valence-corrected chi connectivity index (χ0v) is 15.2. The Morgan fingerprint density at radius 1 is 0.957 bits per heavy atom. The fourth-order valence-electron chi connectivity index (χ4n) is 1.91. The predicted molar refractivity (Wildman–Crippen MR) is 92.0 cm³/mol. The van der Waals surface area contributed by atoms with Crippen molar-refractivity contribution in [3.8, 4) is 5.75 Å². The summed E-state index contributed by atoms with van der Waals surface area (Å²) in [5.41, 5.74) is -0.0366. The molecule has 1 amide bonds. The number of para-hydroxylation sites is 2. The number of ether oxygens (including phenoxy) is 1. The summed E-state index contributed by atoms with van der Waals surface area (Å²) >= 11 is 30.1. The highest BCUT2D eigenvalue weighted by Crippen LogP contribution is 2.50. The molecule has 0 saturated heterocycles. The molecule has 0 aromatic heterocycles. The second kappa shape index (κ2) is 7.24. The highest BCUT2D eigenvalue weighted by Gasteiger charge is 2.26. The normalized spacial score (nSPS) is 10.5. The van der Waals surface area contributed by atoms with E-state index < -0.39 is 6.09 Å². The highest BCUT2D eigenvalue weighted by atomic mass is 35.5. The molecule has 0 spiro atoms. The van der Waals surface area contributed by atoms with Crippen molar-refractivity contribution in [3.05, 3.63) is 49.4 Å². The van der Waals surface area contributed by atoms with Crippen molar-refractivity contribution in [1.29, 1.82) is 0 Å². The SMILES string of the molecule is COc1ccccc1N(C(=O)[O-])c1c(Cl)c(Cl)c(Cl)c(Cl)c1Cl. The molecule has 0 N–H and O–H groups in total. The molecule has 0 aliphatic heterocycles. The molecule has 0 heterocycles. The first-order valence-corrected chi connectivity index (χ1v) is 7.85. The first-order valence-electron chi connectivity index (χ1n) is 5.96. The van der Waals surface area contributed by atoms with Crippen LogP contribution in [-0.2, 0) is 0 Å². The lowest BCUT2D eigenvalue weighted by Crippen LogP contribution is -2.38. The average molecular weight is 414 g/mol. The van der Waals surface area contributed by atoms with Crippen LogP contribution in [0.2, 0.25) is 25.1 Å². The van der Waals surface area contributed by atoms with Gasteiger partial charge < -0.3 is 14.6 Å². The van der Waals surface area contributed by atoms with Crippen LogP contribution in [0.4, 0.5) is 16.2 Å². The summed E-state index contributed by atoms with van der Waals surface area (Å²) in [7, 11) is 1.39. The Hall–Kier alpha value is -1.04. The van der Waals surface area contributed by atoms with E-state index >= 15 is 0 Å². The Morgan fingerprint density at radius 2 is 1.43 bits per heavy atom. The van der Waals surface area contributed by atoms with E-state index in [1.807, 2.05) is 0 Å². The van der Waals surface area contributed by atoms with Crippen molar-refractivity contribution >= 4 is 75.5 Å². The van der Waals surface area contributed by atoms with Crippen LogP contribution in [0.25, 0.3) is 0 Å². The summed E-state index contributed by atoms with van der Waals surface area (Å²) in [6.07, 6.45) is -1.60. The van der Waals surface area contributed by atoms with Crippen LogP contribution in [0.5, 0.6) is 5.75 Å². The van der Waals surface area contributed by atoms with Gasteiger partial charge in [0.05, 0.1) is 43.6 Å². The van der Waals surface area contributed by atoms with E-state index in [0.29, 0.717) is 0 Å². The van der Waals surface area contributed by atoms with E-state index in [2.05, 4.69) is 0 Å². The lowest BCUT2D eigenvalue weighted by atomic mass is 10.2. The number of carbonyl (C=O) groups is 1. The quantitative estimate of drug-likeness (QED) is 0.496. The number of anilines is 2. The molecule has 2 aromatic carbocycles. The third kappa shape index (κ3) is 3.28. The molecule has 4 nitrogen and oxygen atoms in total. The van der Waals surface area contributed by atoms with E-state index in [1.54, 1.807) is 18.2 Å². The van der Waals surface area contributed by atoms with Crippen LogP contribution in [0.1, 0.15) is 0 Å². The number of methoxy groups -OCH3 is 1. The molecular weight excluding hydrogens is 407 g/mol. The molecule has 0 aliphatic rings. The number of benzene rings is 2. The van der Waals surface area contributed by atoms with Gasteiger partial charge in [-0.25, -0.2) is 0 Å². The van der Waals surface area contributed by atoms with E-state index in [9.17, 15) is 9.90 Å². The minimum absolute atomic E-state index is 0.0783. The monoisotopic (exact) mass is 412 g/mol. The molecule has 2 rings (SSSR count). The number of carbonyl (C=O) groups excluding carboxylic acids is 1. The first kappa shape index (κ1) is 18.3. The van der Waals surface area contributed by atoms with Crippen LogP contribution in [0.3, 0.4) is 0 Å². The molecule has 2 aromatic rings. The minimum Gasteiger partial charge on any atom is -0.529 e.